The van der Waals surface area contributed by atoms with E-state index >= 15 is 0 Å². The molecule has 1 aliphatic rings. The molecule has 4 rings (SSSR count). The molecule has 0 aliphatic carbocycles. The van der Waals surface area contributed by atoms with Crippen LogP contribution < -0.4 is 20.7 Å². The Morgan fingerprint density at radius 1 is 1.00 bits per heavy atom. The standard InChI is InChI=1S/C28H28F3N7O4/c1-4-24(40)33-19-6-5-7-20(15-19)34-25-21(28(29,30)31)16-32-27(36-25)35-22-9-8-18(14-23(22)42-3)26(41)38-12-10-37(11-13-38)17(2)39/h4-9,14-16H,1,10-13H2,2-3H3,(H,33,40)(H2,32,34,35,36). The molecule has 14 heteroatoms. The normalized spacial score (nSPS) is 13.3. The quantitative estimate of drug-likeness (QED) is 0.333. The van der Waals surface area contributed by atoms with Crippen molar-refractivity contribution in [3.8, 4) is 5.75 Å². The van der Waals surface area contributed by atoms with Crippen LogP contribution in [0.25, 0.3) is 0 Å². The molecule has 2 aromatic carbocycles. The van der Waals surface area contributed by atoms with E-state index in [-0.39, 0.29) is 29.2 Å². The average molecular weight is 584 g/mol. The first-order chi connectivity index (χ1) is 20.0. The molecule has 220 valence electrons. The van der Waals surface area contributed by atoms with Crippen LogP contribution in [0.15, 0.2) is 61.3 Å². The summed E-state index contributed by atoms with van der Waals surface area (Å²) in [5, 5.41) is 8.03. The van der Waals surface area contributed by atoms with E-state index in [2.05, 4.69) is 32.5 Å². The first kappa shape index (κ1) is 29.8. The number of ether oxygens (including phenoxy) is 1. The predicted molar refractivity (Wildman–Crippen MR) is 150 cm³/mol. The van der Waals surface area contributed by atoms with Gasteiger partial charge in [0.25, 0.3) is 5.91 Å². The molecule has 0 saturated carbocycles. The molecule has 0 spiro atoms. The molecule has 0 radical (unpaired) electrons. The Hall–Kier alpha value is -5.14. The second kappa shape index (κ2) is 12.6. The van der Waals surface area contributed by atoms with Crippen molar-refractivity contribution in [1.82, 2.24) is 19.8 Å². The zero-order valence-corrected chi connectivity index (χ0v) is 22.8. The van der Waals surface area contributed by atoms with Crippen LogP contribution in [-0.4, -0.2) is 70.8 Å². The minimum absolute atomic E-state index is 0.0476. The van der Waals surface area contributed by atoms with Gasteiger partial charge in [0.15, 0.2) is 0 Å². The Labute approximate surface area is 239 Å². The van der Waals surface area contributed by atoms with Crippen molar-refractivity contribution in [2.24, 2.45) is 0 Å². The lowest BCUT2D eigenvalue weighted by Gasteiger charge is -2.34. The van der Waals surface area contributed by atoms with E-state index in [1.807, 2.05) is 0 Å². The summed E-state index contributed by atoms with van der Waals surface area (Å²) in [4.78, 5) is 47.4. The van der Waals surface area contributed by atoms with E-state index in [9.17, 15) is 27.6 Å². The number of hydrogen-bond acceptors (Lipinski definition) is 8. The van der Waals surface area contributed by atoms with Crippen LogP contribution in [0, 0.1) is 0 Å². The average Bonchev–Trinajstić information content (AvgIpc) is 2.96. The van der Waals surface area contributed by atoms with Crippen LogP contribution in [-0.2, 0) is 15.8 Å². The topological polar surface area (TPSA) is 129 Å². The molecule has 1 aromatic heterocycles. The van der Waals surface area contributed by atoms with Crippen LogP contribution in [0.3, 0.4) is 0 Å². The highest BCUT2D eigenvalue weighted by molar-refractivity contribution is 5.99. The first-order valence-electron chi connectivity index (χ1n) is 12.7. The van der Waals surface area contributed by atoms with Gasteiger partial charge in [-0.3, -0.25) is 14.4 Å². The third-order valence-electron chi connectivity index (χ3n) is 6.38. The van der Waals surface area contributed by atoms with E-state index in [0.29, 0.717) is 49.3 Å². The van der Waals surface area contributed by atoms with Gasteiger partial charge in [-0.1, -0.05) is 12.6 Å². The Balaban J connectivity index is 1.56. The Kier molecular flexibility index (Phi) is 8.93. The van der Waals surface area contributed by atoms with Crippen molar-refractivity contribution in [3.63, 3.8) is 0 Å². The van der Waals surface area contributed by atoms with Gasteiger partial charge in [0.1, 0.15) is 17.1 Å². The minimum Gasteiger partial charge on any atom is -0.495 e. The number of hydrogen-bond donors (Lipinski definition) is 3. The Morgan fingerprint density at radius 3 is 2.33 bits per heavy atom. The van der Waals surface area contributed by atoms with Gasteiger partial charge in [-0.2, -0.15) is 18.2 Å². The maximum absolute atomic E-state index is 13.8. The molecule has 3 aromatic rings. The predicted octanol–water partition coefficient (Wildman–Crippen LogP) is 4.42. The van der Waals surface area contributed by atoms with Crippen LogP contribution >= 0.6 is 0 Å². The molecule has 1 aliphatic heterocycles. The van der Waals surface area contributed by atoms with E-state index < -0.39 is 23.5 Å². The molecule has 42 heavy (non-hydrogen) atoms. The van der Waals surface area contributed by atoms with Crippen LogP contribution in [0.4, 0.5) is 42.0 Å². The molecule has 3 amide bonds. The number of halogens is 3. The molecule has 3 N–H and O–H groups in total. The van der Waals surface area contributed by atoms with Gasteiger partial charge in [-0.05, 0) is 42.5 Å². The summed E-state index contributed by atoms with van der Waals surface area (Å²) < 4.78 is 46.8. The summed E-state index contributed by atoms with van der Waals surface area (Å²) >= 11 is 0. The number of nitrogens with zero attached hydrogens (tertiary/aromatic N) is 4. The lowest BCUT2D eigenvalue weighted by Crippen LogP contribution is -2.50. The van der Waals surface area contributed by atoms with Gasteiger partial charge in [-0.25, -0.2) is 4.98 Å². The molecule has 0 atom stereocenters. The van der Waals surface area contributed by atoms with Crippen molar-refractivity contribution < 1.29 is 32.3 Å². The van der Waals surface area contributed by atoms with Crippen LogP contribution in [0.5, 0.6) is 5.75 Å². The molecular weight excluding hydrogens is 555 g/mol. The number of alkyl halides is 3. The number of carbonyl (C=O) groups excluding carboxylic acids is 3. The largest absolute Gasteiger partial charge is 0.495 e. The molecule has 1 saturated heterocycles. The number of methoxy groups -OCH3 is 1. The van der Waals surface area contributed by atoms with Crippen molar-refractivity contribution in [2.75, 3.05) is 49.2 Å². The molecule has 11 nitrogen and oxygen atoms in total. The summed E-state index contributed by atoms with van der Waals surface area (Å²) in [6.07, 6.45) is -3.05. The maximum Gasteiger partial charge on any atom is 0.421 e. The molecule has 0 unspecified atom stereocenters. The second-order valence-electron chi connectivity index (χ2n) is 9.19. The maximum atomic E-state index is 13.8. The lowest BCUT2D eigenvalue weighted by molar-refractivity contribution is -0.137. The van der Waals surface area contributed by atoms with Gasteiger partial charge in [0.05, 0.1) is 12.8 Å². The van der Waals surface area contributed by atoms with Gasteiger partial charge in [0.2, 0.25) is 17.8 Å². The van der Waals surface area contributed by atoms with Gasteiger partial charge in [-0.15, -0.1) is 0 Å². The number of benzene rings is 2. The number of amides is 3. The minimum atomic E-state index is -4.76. The summed E-state index contributed by atoms with van der Waals surface area (Å²) in [6.45, 7) is 6.50. The number of nitrogens with one attached hydrogen (secondary N) is 3. The SMILES string of the molecule is C=CC(=O)Nc1cccc(Nc2nc(Nc3ccc(C(=O)N4CCN(C(C)=O)CC4)cc3OC)ncc2C(F)(F)F)c1. The van der Waals surface area contributed by atoms with E-state index in [1.165, 1.54) is 38.3 Å². The van der Waals surface area contributed by atoms with Gasteiger partial charge >= 0.3 is 6.18 Å². The number of piperazine rings is 1. The number of carbonyl (C=O) groups is 3. The number of anilines is 5. The van der Waals surface area contributed by atoms with Crippen molar-refractivity contribution in [1.29, 1.82) is 0 Å². The monoisotopic (exact) mass is 583 g/mol. The van der Waals surface area contributed by atoms with Gasteiger partial charge < -0.3 is 30.5 Å². The van der Waals surface area contributed by atoms with Gasteiger partial charge in [0, 0.05) is 56.2 Å². The fourth-order valence-electron chi connectivity index (χ4n) is 4.20. The zero-order valence-electron chi connectivity index (χ0n) is 22.8. The summed E-state index contributed by atoms with van der Waals surface area (Å²) in [5.41, 5.74) is 0.122. The Bertz CT molecular complexity index is 1510. The van der Waals surface area contributed by atoms with E-state index in [1.54, 1.807) is 28.0 Å². The third kappa shape index (κ3) is 7.13. The highest BCUT2D eigenvalue weighted by Gasteiger charge is 2.35. The summed E-state index contributed by atoms with van der Waals surface area (Å²) in [6, 6.07) is 10.7. The third-order valence-corrected chi connectivity index (χ3v) is 6.38. The molecular formula is C28H28F3N7O4. The van der Waals surface area contributed by atoms with Crippen molar-refractivity contribution >= 4 is 46.5 Å². The van der Waals surface area contributed by atoms with Crippen molar-refractivity contribution in [3.05, 3.63) is 72.4 Å². The second-order valence-corrected chi connectivity index (χ2v) is 9.19. The fraction of sp³-hybridized carbons (Fsp3) is 0.250. The first-order valence-corrected chi connectivity index (χ1v) is 12.7. The van der Waals surface area contributed by atoms with E-state index in [4.69, 9.17) is 4.74 Å². The smallest absolute Gasteiger partial charge is 0.421 e. The number of aromatic nitrogens is 2. The Morgan fingerprint density at radius 2 is 1.69 bits per heavy atom. The molecule has 2 heterocycles. The summed E-state index contributed by atoms with van der Waals surface area (Å²) in [5.74, 6) is -1.22. The lowest BCUT2D eigenvalue weighted by atomic mass is 10.1. The zero-order chi connectivity index (χ0) is 30.4. The van der Waals surface area contributed by atoms with Crippen LogP contribution in [0.2, 0.25) is 0 Å². The summed E-state index contributed by atoms with van der Waals surface area (Å²) in [7, 11) is 1.39. The highest BCUT2D eigenvalue weighted by Crippen LogP contribution is 2.36. The number of rotatable bonds is 8. The molecule has 0 bridgehead atoms. The van der Waals surface area contributed by atoms with Crippen molar-refractivity contribution in [2.45, 2.75) is 13.1 Å². The fourth-order valence-corrected chi connectivity index (χ4v) is 4.20. The van der Waals surface area contributed by atoms with Crippen LogP contribution in [0.1, 0.15) is 22.8 Å². The van der Waals surface area contributed by atoms with E-state index in [0.717, 1.165) is 6.08 Å². The highest BCUT2D eigenvalue weighted by atomic mass is 19.4. The molecule has 1 fully saturated rings.